The second-order valence-corrected chi connectivity index (χ2v) is 8.77. The van der Waals surface area contributed by atoms with Crippen molar-refractivity contribution in [2.45, 2.75) is 0 Å². The largest absolute Gasteiger partial charge is 0.497 e. The minimum Gasteiger partial charge on any atom is -0.497 e. The van der Waals surface area contributed by atoms with Crippen molar-refractivity contribution in [1.29, 1.82) is 0 Å². The summed E-state index contributed by atoms with van der Waals surface area (Å²) in [6.45, 7) is 0. The number of ether oxygens (including phenoxy) is 1. The van der Waals surface area contributed by atoms with Gasteiger partial charge in [0.2, 0.25) is 0 Å². The maximum atomic E-state index is 12.5. The van der Waals surface area contributed by atoms with Crippen molar-refractivity contribution in [2.24, 2.45) is 4.99 Å². The van der Waals surface area contributed by atoms with Crippen molar-refractivity contribution in [2.75, 3.05) is 7.11 Å². The lowest BCUT2D eigenvalue weighted by atomic mass is 10.0. The molecule has 162 valence electrons. The van der Waals surface area contributed by atoms with Gasteiger partial charge in [-0.25, -0.2) is 4.99 Å². The van der Waals surface area contributed by atoms with E-state index in [1.54, 1.807) is 19.4 Å². The van der Waals surface area contributed by atoms with Crippen LogP contribution in [0.15, 0.2) is 88.9 Å². The van der Waals surface area contributed by atoms with Crippen LogP contribution in [0.1, 0.15) is 5.56 Å². The summed E-state index contributed by atoms with van der Waals surface area (Å²) in [4.78, 5) is 22.1. The van der Waals surface area contributed by atoms with E-state index in [2.05, 4.69) is 15.3 Å². The maximum absolute atomic E-state index is 12.5. The van der Waals surface area contributed by atoms with Crippen molar-refractivity contribution >= 4 is 57.1 Å². The summed E-state index contributed by atoms with van der Waals surface area (Å²) in [5.41, 5.74) is 4.36. The number of aromatic nitrogens is 1. The van der Waals surface area contributed by atoms with E-state index in [1.807, 2.05) is 72.8 Å². The Labute approximate surface area is 200 Å². The molecule has 0 radical (unpaired) electrons. The molecule has 4 aromatic rings. The molecule has 1 amide bonds. The molecule has 1 aliphatic heterocycles. The number of aliphatic imine (C=N–C) groups is 1. The number of halogens is 1. The van der Waals surface area contributed by atoms with Crippen molar-refractivity contribution in [3.8, 4) is 16.9 Å². The van der Waals surface area contributed by atoms with E-state index in [0.717, 1.165) is 33.3 Å². The number of amides is 1. The molecule has 33 heavy (non-hydrogen) atoms. The number of nitrogens with zero attached hydrogens (tertiary/aromatic N) is 2. The summed E-state index contributed by atoms with van der Waals surface area (Å²) in [6, 6.07) is 23.2. The first-order chi connectivity index (χ1) is 16.1. The monoisotopic (exact) mass is 471 g/mol. The van der Waals surface area contributed by atoms with Crippen molar-refractivity contribution < 1.29 is 9.53 Å². The highest BCUT2D eigenvalue weighted by molar-refractivity contribution is 8.18. The molecule has 5 rings (SSSR count). The molecule has 5 nitrogen and oxygen atoms in total. The lowest BCUT2D eigenvalue weighted by Gasteiger charge is -2.07. The Morgan fingerprint density at radius 3 is 2.79 bits per heavy atom. The highest BCUT2D eigenvalue weighted by Gasteiger charge is 2.24. The number of carbonyl (C=O) groups is 1. The number of benzene rings is 3. The van der Waals surface area contributed by atoms with Gasteiger partial charge < -0.3 is 10.1 Å². The number of fused-ring (bicyclic) bond motifs is 1. The van der Waals surface area contributed by atoms with Crippen LogP contribution in [-0.2, 0) is 4.79 Å². The standard InChI is InChI=1S/C26H18ClN3O2S/c1-32-20-6-2-4-17(14-20)18-8-9-21(27)23(15-18)29-26-30-25(31)24(33-26)13-16-7-10-22-19(12-16)5-3-11-28-22/h2-15H,1H3,(H,29,30,31)/b24-13-. The first-order valence-corrected chi connectivity index (χ1v) is 11.4. The molecule has 0 bridgehead atoms. The molecule has 0 saturated carbocycles. The van der Waals surface area contributed by atoms with Gasteiger partial charge >= 0.3 is 0 Å². The van der Waals surface area contributed by atoms with Crippen molar-refractivity contribution in [3.05, 3.63) is 94.5 Å². The number of carbonyl (C=O) groups excluding carboxylic acids is 1. The molecule has 1 N–H and O–H groups in total. The van der Waals surface area contributed by atoms with E-state index in [9.17, 15) is 4.79 Å². The van der Waals surface area contributed by atoms with Gasteiger partial charge in [-0.3, -0.25) is 9.78 Å². The lowest BCUT2D eigenvalue weighted by molar-refractivity contribution is -0.115. The molecule has 0 unspecified atom stereocenters. The first kappa shape index (κ1) is 21.2. The zero-order valence-electron chi connectivity index (χ0n) is 17.6. The second-order valence-electron chi connectivity index (χ2n) is 7.34. The van der Waals surface area contributed by atoms with Crippen LogP contribution in [0.5, 0.6) is 5.75 Å². The molecular weight excluding hydrogens is 454 g/mol. The fourth-order valence-corrected chi connectivity index (χ4v) is 4.50. The average molecular weight is 472 g/mol. The van der Waals surface area contributed by atoms with Gasteiger partial charge in [0.05, 0.1) is 28.2 Å². The number of hydrogen-bond donors (Lipinski definition) is 1. The van der Waals surface area contributed by atoms with E-state index >= 15 is 0 Å². The molecule has 2 heterocycles. The third-order valence-electron chi connectivity index (χ3n) is 5.15. The molecular formula is C26H18ClN3O2S. The zero-order valence-corrected chi connectivity index (χ0v) is 19.2. The predicted molar refractivity (Wildman–Crippen MR) is 136 cm³/mol. The van der Waals surface area contributed by atoms with Crippen LogP contribution in [0.2, 0.25) is 5.02 Å². The Bertz CT molecular complexity index is 1450. The fourth-order valence-electron chi connectivity index (χ4n) is 3.51. The molecule has 0 spiro atoms. The molecule has 1 saturated heterocycles. The minimum atomic E-state index is -0.190. The van der Waals surface area contributed by atoms with Gasteiger partial charge in [0.15, 0.2) is 5.17 Å². The summed E-state index contributed by atoms with van der Waals surface area (Å²) in [7, 11) is 1.64. The maximum Gasteiger partial charge on any atom is 0.264 e. The molecule has 0 atom stereocenters. The number of hydrogen-bond acceptors (Lipinski definition) is 5. The third kappa shape index (κ3) is 4.62. The van der Waals surface area contributed by atoms with Gasteiger partial charge in [0.25, 0.3) is 5.91 Å². The van der Waals surface area contributed by atoms with Crippen LogP contribution in [0.4, 0.5) is 5.69 Å². The lowest BCUT2D eigenvalue weighted by Crippen LogP contribution is -2.19. The van der Waals surface area contributed by atoms with Gasteiger partial charge in [-0.2, -0.15) is 0 Å². The fraction of sp³-hybridized carbons (Fsp3) is 0.0385. The van der Waals surface area contributed by atoms with Crippen molar-refractivity contribution in [3.63, 3.8) is 0 Å². The predicted octanol–water partition coefficient (Wildman–Crippen LogP) is 6.46. The van der Waals surface area contributed by atoms with E-state index < -0.39 is 0 Å². The highest BCUT2D eigenvalue weighted by atomic mass is 35.5. The molecule has 0 aliphatic carbocycles. The Kier molecular flexibility index (Phi) is 5.86. The van der Waals surface area contributed by atoms with Crippen molar-refractivity contribution in [1.82, 2.24) is 10.3 Å². The van der Waals surface area contributed by atoms with Gasteiger partial charge in [-0.1, -0.05) is 41.9 Å². The number of nitrogens with one attached hydrogen (secondary N) is 1. The number of rotatable bonds is 4. The van der Waals surface area contributed by atoms with Gasteiger partial charge in [-0.15, -0.1) is 0 Å². The topological polar surface area (TPSA) is 63.6 Å². The second kappa shape index (κ2) is 9.10. The highest BCUT2D eigenvalue weighted by Crippen LogP contribution is 2.35. The van der Waals surface area contributed by atoms with Crippen LogP contribution in [0, 0.1) is 0 Å². The number of amidine groups is 1. The molecule has 3 aromatic carbocycles. The zero-order chi connectivity index (χ0) is 22.8. The van der Waals surface area contributed by atoms with Crippen LogP contribution in [-0.4, -0.2) is 23.2 Å². The quantitative estimate of drug-likeness (QED) is 0.347. The summed E-state index contributed by atoms with van der Waals surface area (Å²) < 4.78 is 5.32. The number of thioether (sulfide) groups is 1. The Morgan fingerprint density at radius 1 is 1.03 bits per heavy atom. The van der Waals surface area contributed by atoms with Gasteiger partial charge in [0.1, 0.15) is 5.75 Å². The van der Waals surface area contributed by atoms with Gasteiger partial charge in [-0.05, 0) is 77.0 Å². The normalized spacial score (nSPS) is 15.9. The number of pyridine rings is 1. The summed E-state index contributed by atoms with van der Waals surface area (Å²) >= 11 is 7.69. The van der Waals surface area contributed by atoms with Crippen LogP contribution >= 0.6 is 23.4 Å². The average Bonchev–Trinajstić information content (AvgIpc) is 3.18. The third-order valence-corrected chi connectivity index (χ3v) is 6.38. The van der Waals surface area contributed by atoms with E-state index in [1.165, 1.54) is 11.8 Å². The number of methoxy groups -OCH3 is 1. The summed E-state index contributed by atoms with van der Waals surface area (Å²) in [5, 5.41) is 4.84. The molecule has 7 heteroatoms. The van der Waals surface area contributed by atoms with E-state index in [4.69, 9.17) is 16.3 Å². The van der Waals surface area contributed by atoms with E-state index in [0.29, 0.717) is 20.8 Å². The van der Waals surface area contributed by atoms with Gasteiger partial charge in [0, 0.05) is 11.6 Å². The van der Waals surface area contributed by atoms with Crippen LogP contribution < -0.4 is 10.1 Å². The van der Waals surface area contributed by atoms with Crippen LogP contribution in [0.25, 0.3) is 28.1 Å². The Hall–Kier alpha value is -3.61. The summed E-state index contributed by atoms with van der Waals surface area (Å²) in [6.07, 6.45) is 3.61. The SMILES string of the molecule is COc1cccc(-c2ccc(Cl)c(N=C3NC(=O)/C(=C/c4ccc5ncccc5c4)S3)c2)c1. The molecule has 1 aliphatic rings. The Morgan fingerprint density at radius 2 is 1.91 bits per heavy atom. The molecule has 1 fully saturated rings. The minimum absolute atomic E-state index is 0.190. The molecule has 1 aromatic heterocycles. The van der Waals surface area contributed by atoms with Crippen LogP contribution in [0.3, 0.4) is 0 Å². The first-order valence-electron chi connectivity index (χ1n) is 10.2. The Balaban J connectivity index is 1.43. The smallest absolute Gasteiger partial charge is 0.264 e. The van der Waals surface area contributed by atoms with E-state index in [-0.39, 0.29) is 5.91 Å². The summed E-state index contributed by atoms with van der Waals surface area (Å²) in [5.74, 6) is 0.582.